The van der Waals surface area contributed by atoms with Gasteiger partial charge in [-0.3, -0.25) is 4.79 Å². The molecule has 6 nitrogen and oxygen atoms in total. The molecule has 0 saturated carbocycles. The molecule has 2 rings (SSSR count). The molecule has 146 valence electrons. The standard InChI is InChI=1S/C19H23ClN2O4S/c1-3-22(4-2)27(24,25)17-11-9-16(10-12-17)21-19(23)14-26-13-15-7-5-6-8-18(15)20/h5-12H,3-4,13-14H2,1-2H3,(H,21,23). The highest BCUT2D eigenvalue weighted by atomic mass is 35.5. The van der Waals surface area contributed by atoms with Gasteiger partial charge >= 0.3 is 0 Å². The summed E-state index contributed by atoms with van der Waals surface area (Å²) >= 11 is 6.03. The van der Waals surface area contributed by atoms with Gasteiger partial charge < -0.3 is 10.1 Å². The monoisotopic (exact) mass is 410 g/mol. The lowest BCUT2D eigenvalue weighted by Crippen LogP contribution is -2.30. The van der Waals surface area contributed by atoms with E-state index in [1.165, 1.54) is 16.4 Å². The van der Waals surface area contributed by atoms with Crippen molar-refractivity contribution in [2.45, 2.75) is 25.3 Å². The number of hydrogen-bond donors (Lipinski definition) is 1. The Balaban J connectivity index is 1.90. The van der Waals surface area contributed by atoms with Crippen LogP contribution in [0.2, 0.25) is 5.02 Å². The van der Waals surface area contributed by atoms with Crippen LogP contribution < -0.4 is 5.32 Å². The molecule has 0 saturated heterocycles. The Hall–Kier alpha value is -1.93. The van der Waals surface area contributed by atoms with E-state index >= 15 is 0 Å². The van der Waals surface area contributed by atoms with E-state index in [9.17, 15) is 13.2 Å². The van der Waals surface area contributed by atoms with Crippen molar-refractivity contribution in [3.8, 4) is 0 Å². The van der Waals surface area contributed by atoms with E-state index < -0.39 is 10.0 Å². The van der Waals surface area contributed by atoms with Gasteiger partial charge in [-0.2, -0.15) is 4.31 Å². The van der Waals surface area contributed by atoms with Crippen LogP contribution in [0.25, 0.3) is 0 Å². The van der Waals surface area contributed by atoms with Crippen LogP contribution in [0.15, 0.2) is 53.4 Å². The SMILES string of the molecule is CCN(CC)S(=O)(=O)c1ccc(NC(=O)COCc2ccccc2Cl)cc1. The minimum atomic E-state index is -3.51. The van der Waals surface area contributed by atoms with E-state index in [-0.39, 0.29) is 24.0 Å². The van der Waals surface area contributed by atoms with Gasteiger partial charge in [0.25, 0.3) is 0 Å². The van der Waals surface area contributed by atoms with E-state index in [1.54, 1.807) is 32.0 Å². The molecule has 0 heterocycles. The number of benzene rings is 2. The van der Waals surface area contributed by atoms with Gasteiger partial charge in [-0.1, -0.05) is 43.6 Å². The predicted molar refractivity (Wildman–Crippen MR) is 106 cm³/mol. The van der Waals surface area contributed by atoms with E-state index in [1.807, 2.05) is 18.2 Å². The minimum Gasteiger partial charge on any atom is -0.367 e. The predicted octanol–water partition coefficient (Wildman–Crippen LogP) is 3.53. The highest BCUT2D eigenvalue weighted by Crippen LogP contribution is 2.18. The van der Waals surface area contributed by atoms with Crippen LogP contribution in [0, 0.1) is 0 Å². The molecular formula is C19H23ClN2O4S. The van der Waals surface area contributed by atoms with Gasteiger partial charge in [0.05, 0.1) is 11.5 Å². The van der Waals surface area contributed by atoms with Crippen molar-refractivity contribution in [1.82, 2.24) is 4.31 Å². The Morgan fingerprint density at radius 3 is 2.30 bits per heavy atom. The molecule has 0 aliphatic rings. The Bertz CT molecular complexity index is 866. The maximum Gasteiger partial charge on any atom is 0.250 e. The van der Waals surface area contributed by atoms with Crippen molar-refractivity contribution in [2.75, 3.05) is 25.0 Å². The second kappa shape index (κ2) is 9.85. The van der Waals surface area contributed by atoms with Gasteiger partial charge in [-0.25, -0.2) is 8.42 Å². The summed E-state index contributed by atoms with van der Waals surface area (Å²) in [5.74, 6) is -0.332. The van der Waals surface area contributed by atoms with Gasteiger partial charge in [-0.05, 0) is 35.9 Å². The van der Waals surface area contributed by atoms with Crippen molar-refractivity contribution in [3.63, 3.8) is 0 Å². The molecule has 0 radical (unpaired) electrons. The molecule has 0 fully saturated rings. The van der Waals surface area contributed by atoms with Crippen molar-refractivity contribution >= 4 is 33.2 Å². The largest absolute Gasteiger partial charge is 0.367 e. The molecule has 2 aromatic carbocycles. The van der Waals surface area contributed by atoms with E-state index in [0.717, 1.165) is 5.56 Å². The van der Waals surface area contributed by atoms with Gasteiger partial charge in [0.1, 0.15) is 6.61 Å². The highest BCUT2D eigenvalue weighted by molar-refractivity contribution is 7.89. The van der Waals surface area contributed by atoms with E-state index in [2.05, 4.69) is 5.32 Å². The molecule has 1 amide bonds. The zero-order valence-corrected chi connectivity index (χ0v) is 16.9. The fourth-order valence-corrected chi connectivity index (χ4v) is 4.14. The third-order valence-corrected chi connectivity index (χ3v) is 6.36. The summed E-state index contributed by atoms with van der Waals surface area (Å²) in [4.78, 5) is 12.2. The van der Waals surface area contributed by atoms with Gasteiger partial charge in [0, 0.05) is 23.8 Å². The summed E-state index contributed by atoms with van der Waals surface area (Å²) < 4.78 is 31.6. The molecule has 0 spiro atoms. The Morgan fingerprint density at radius 2 is 1.70 bits per heavy atom. The van der Waals surface area contributed by atoms with E-state index in [4.69, 9.17) is 16.3 Å². The van der Waals surface area contributed by atoms with Gasteiger partial charge in [-0.15, -0.1) is 0 Å². The van der Waals surface area contributed by atoms with Crippen molar-refractivity contribution in [3.05, 3.63) is 59.1 Å². The van der Waals surface area contributed by atoms with Crippen LogP contribution in [0.1, 0.15) is 19.4 Å². The average molecular weight is 411 g/mol. The number of nitrogens with zero attached hydrogens (tertiary/aromatic N) is 1. The van der Waals surface area contributed by atoms with Crippen molar-refractivity contribution in [2.24, 2.45) is 0 Å². The molecule has 1 N–H and O–H groups in total. The molecule has 8 heteroatoms. The number of carbonyl (C=O) groups excluding carboxylic acids is 1. The Labute approximate surface area is 165 Å². The van der Waals surface area contributed by atoms with Crippen LogP contribution in [0.3, 0.4) is 0 Å². The first-order valence-corrected chi connectivity index (χ1v) is 10.4. The summed E-state index contributed by atoms with van der Waals surface area (Å²) in [6.45, 7) is 4.48. The third-order valence-electron chi connectivity index (χ3n) is 3.93. The molecule has 2 aromatic rings. The normalized spacial score (nSPS) is 11.6. The second-order valence-corrected chi connectivity index (χ2v) is 8.09. The number of hydrogen-bond acceptors (Lipinski definition) is 4. The van der Waals surface area contributed by atoms with Crippen LogP contribution in [0.5, 0.6) is 0 Å². The summed E-state index contributed by atoms with van der Waals surface area (Å²) in [5, 5.41) is 3.26. The topological polar surface area (TPSA) is 75.7 Å². The fourth-order valence-electron chi connectivity index (χ4n) is 2.49. The second-order valence-electron chi connectivity index (χ2n) is 5.75. The number of ether oxygens (including phenoxy) is 1. The number of nitrogens with one attached hydrogen (secondary N) is 1. The number of sulfonamides is 1. The smallest absolute Gasteiger partial charge is 0.250 e. The first-order chi connectivity index (χ1) is 12.9. The molecule has 0 aromatic heterocycles. The van der Waals surface area contributed by atoms with Crippen molar-refractivity contribution in [1.29, 1.82) is 0 Å². The Morgan fingerprint density at radius 1 is 1.07 bits per heavy atom. The number of rotatable bonds is 9. The maximum absolute atomic E-state index is 12.4. The quantitative estimate of drug-likeness (QED) is 0.686. The molecule has 0 atom stereocenters. The number of anilines is 1. The lowest BCUT2D eigenvalue weighted by molar-refractivity contribution is -0.121. The van der Waals surface area contributed by atoms with Gasteiger partial charge in [0.15, 0.2) is 0 Å². The first-order valence-electron chi connectivity index (χ1n) is 8.59. The first kappa shape index (κ1) is 21.4. The number of halogens is 1. The van der Waals surface area contributed by atoms with Crippen LogP contribution >= 0.6 is 11.6 Å². The lowest BCUT2D eigenvalue weighted by Gasteiger charge is -2.18. The van der Waals surface area contributed by atoms with Crippen molar-refractivity contribution < 1.29 is 17.9 Å². The molecule has 0 unspecified atom stereocenters. The number of amides is 1. The average Bonchev–Trinajstić information content (AvgIpc) is 2.64. The molecule has 0 aliphatic heterocycles. The summed E-state index contributed by atoms with van der Waals surface area (Å²) in [6, 6.07) is 13.3. The van der Waals surface area contributed by atoms with E-state index in [0.29, 0.717) is 23.8 Å². The van der Waals surface area contributed by atoms with Crippen LogP contribution in [0.4, 0.5) is 5.69 Å². The minimum absolute atomic E-state index is 0.134. The highest BCUT2D eigenvalue weighted by Gasteiger charge is 2.21. The van der Waals surface area contributed by atoms with Crippen LogP contribution in [-0.2, 0) is 26.2 Å². The lowest BCUT2D eigenvalue weighted by atomic mass is 10.2. The van der Waals surface area contributed by atoms with Gasteiger partial charge in [0.2, 0.25) is 15.9 Å². The number of carbonyl (C=O) groups is 1. The summed E-state index contributed by atoms with van der Waals surface area (Å²) in [7, 11) is -3.51. The fraction of sp³-hybridized carbons (Fsp3) is 0.316. The summed E-state index contributed by atoms with van der Waals surface area (Å²) in [6.07, 6.45) is 0. The zero-order chi connectivity index (χ0) is 19.9. The summed E-state index contributed by atoms with van der Waals surface area (Å²) in [5.41, 5.74) is 1.30. The molecule has 0 bridgehead atoms. The molecular weight excluding hydrogens is 388 g/mol. The Kier molecular flexibility index (Phi) is 7.79. The van der Waals surface area contributed by atoms with Crippen LogP contribution in [-0.4, -0.2) is 38.3 Å². The molecule has 27 heavy (non-hydrogen) atoms. The molecule has 0 aliphatic carbocycles. The maximum atomic E-state index is 12.4. The third kappa shape index (κ3) is 5.77. The zero-order valence-electron chi connectivity index (χ0n) is 15.3.